The Labute approximate surface area is 109 Å². The monoisotopic (exact) mass is 254 g/mol. The molecular formula is C13H10N4S. The van der Waals surface area contributed by atoms with Crippen LogP contribution < -0.4 is 0 Å². The van der Waals surface area contributed by atoms with Gasteiger partial charge in [0.1, 0.15) is 0 Å². The summed E-state index contributed by atoms with van der Waals surface area (Å²) in [5.74, 6) is 0. The maximum absolute atomic E-state index is 5.09. The Kier molecular flexibility index (Phi) is 2.74. The lowest BCUT2D eigenvalue weighted by Gasteiger charge is -2.05. The van der Waals surface area contributed by atoms with Crippen LogP contribution in [0.15, 0.2) is 54.6 Å². The molecule has 0 unspecified atom stereocenters. The lowest BCUT2D eigenvalue weighted by molar-refractivity contribution is 0.786. The second kappa shape index (κ2) is 4.54. The fourth-order valence-electron chi connectivity index (χ4n) is 1.82. The van der Waals surface area contributed by atoms with Gasteiger partial charge in [0.15, 0.2) is 0 Å². The molecule has 0 aliphatic heterocycles. The van der Waals surface area contributed by atoms with Gasteiger partial charge in [0.25, 0.3) is 0 Å². The van der Waals surface area contributed by atoms with Crippen molar-refractivity contribution in [1.29, 1.82) is 0 Å². The summed E-state index contributed by atoms with van der Waals surface area (Å²) in [5, 5.41) is 10.2. The highest BCUT2D eigenvalue weighted by atomic mass is 32.1. The van der Waals surface area contributed by atoms with Gasteiger partial charge in [-0.2, -0.15) is 5.21 Å². The highest BCUT2D eigenvalue weighted by Gasteiger charge is 2.02. The van der Waals surface area contributed by atoms with Gasteiger partial charge >= 0.3 is 0 Å². The van der Waals surface area contributed by atoms with Crippen molar-refractivity contribution >= 4 is 12.2 Å². The molecule has 0 saturated heterocycles. The van der Waals surface area contributed by atoms with E-state index < -0.39 is 0 Å². The zero-order valence-corrected chi connectivity index (χ0v) is 10.3. The number of H-pyrrole nitrogens is 1. The van der Waals surface area contributed by atoms with Gasteiger partial charge in [0.05, 0.1) is 5.69 Å². The summed E-state index contributed by atoms with van der Waals surface area (Å²) in [5.41, 5.74) is 3.22. The van der Waals surface area contributed by atoms with Gasteiger partial charge in [0.2, 0.25) is 4.77 Å². The number of rotatable bonds is 2. The van der Waals surface area contributed by atoms with Crippen LogP contribution in [0.3, 0.4) is 0 Å². The number of nitrogens with one attached hydrogen (secondary N) is 1. The summed E-state index contributed by atoms with van der Waals surface area (Å²) in [7, 11) is 0. The second-order valence-electron chi connectivity index (χ2n) is 3.83. The Morgan fingerprint density at radius 2 is 1.72 bits per heavy atom. The topological polar surface area (TPSA) is 46.5 Å². The zero-order valence-electron chi connectivity index (χ0n) is 9.45. The SMILES string of the molecule is S=c1nn[nH]n1-c1cccc(-c2ccccc2)c1. The molecule has 0 amide bonds. The first-order valence-corrected chi connectivity index (χ1v) is 5.91. The van der Waals surface area contributed by atoms with Gasteiger partial charge in [-0.05, 0) is 35.5 Å². The highest BCUT2D eigenvalue weighted by molar-refractivity contribution is 7.71. The quantitative estimate of drug-likeness (QED) is 0.715. The van der Waals surface area contributed by atoms with E-state index in [2.05, 4.69) is 33.7 Å². The van der Waals surface area contributed by atoms with Crippen molar-refractivity contribution in [3.8, 4) is 16.8 Å². The molecule has 1 aromatic heterocycles. The minimum Gasteiger partial charge on any atom is -0.210 e. The summed E-state index contributed by atoms with van der Waals surface area (Å²) >= 11 is 5.09. The van der Waals surface area contributed by atoms with Crippen molar-refractivity contribution in [1.82, 2.24) is 20.2 Å². The fraction of sp³-hybridized carbons (Fsp3) is 0. The third-order valence-corrected chi connectivity index (χ3v) is 2.95. The van der Waals surface area contributed by atoms with Gasteiger partial charge < -0.3 is 0 Å². The van der Waals surface area contributed by atoms with Crippen LogP contribution in [0.4, 0.5) is 0 Å². The first-order valence-electron chi connectivity index (χ1n) is 5.50. The number of hydrogen-bond acceptors (Lipinski definition) is 3. The van der Waals surface area contributed by atoms with Crippen molar-refractivity contribution in [3.63, 3.8) is 0 Å². The molecule has 1 N–H and O–H groups in total. The summed E-state index contributed by atoms with van der Waals surface area (Å²) < 4.78 is 2.09. The van der Waals surface area contributed by atoms with Crippen molar-refractivity contribution in [3.05, 3.63) is 59.4 Å². The van der Waals surface area contributed by atoms with Crippen LogP contribution in [0.1, 0.15) is 0 Å². The third kappa shape index (κ3) is 1.96. The Balaban J connectivity index is 2.11. The Morgan fingerprint density at radius 1 is 0.944 bits per heavy atom. The van der Waals surface area contributed by atoms with E-state index in [1.54, 1.807) is 4.68 Å². The average molecular weight is 254 g/mol. The van der Waals surface area contributed by atoms with E-state index in [9.17, 15) is 0 Å². The van der Waals surface area contributed by atoms with Crippen molar-refractivity contribution in [2.45, 2.75) is 0 Å². The van der Waals surface area contributed by atoms with E-state index in [0.29, 0.717) is 4.77 Å². The molecule has 0 radical (unpaired) electrons. The fourth-order valence-corrected chi connectivity index (χ4v) is 2.01. The van der Waals surface area contributed by atoms with Gasteiger partial charge in [0, 0.05) is 0 Å². The van der Waals surface area contributed by atoms with E-state index in [-0.39, 0.29) is 0 Å². The highest BCUT2D eigenvalue weighted by Crippen LogP contribution is 2.21. The third-order valence-electron chi connectivity index (χ3n) is 2.68. The smallest absolute Gasteiger partial charge is 0.210 e. The second-order valence-corrected chi connectivity index (χ2v) is 4.20. The number of tetrazole rings is 1. The molecule has 2 aromatic carbocycles. The molecule has 0 fully saturated rings. The predicted octanol–water partition coefficient (Wildman–Crippen LogP) is 2.99. The molecule has 0 aliphatic rings. The molecule has 1 heterocycles. The van der Waals surface area contributed by atoms with Gasteiger partial charge in [-0.3, -0.25) is 0 Å². The van der Waals surface area contributed by atoms with Crippen LogP contribution >= 0.6 is 12.2 Å². The van der Waals surface area contributed by atoms with Crippen molar-refractivity contribution < 1.29 is 0 Å². The number of hydrogen-bond donors (Lipinski definition) is 1. The molecule has 3 rings (SSSR count). The zero-order chi connectivity index (χ0) is 12.4. The van der Waals surface area contributed by atoms with Crippen LogP contribution in [0.2, 0.25) is 0 Å². The lowest BCUT2D eigenvalue weighted by atomic mass is 10.1. The van der Waals surface area contributed by atoms with Crippen LogP contribution in [0.25, 0.3) is 16.8 Å². The summed E-state index contributed by atoms with van der Waals surface area (Å²) in [6.45, 7) is 0. The van der Waals surface area contributed by atoms with E-state index in [1.807, 2.05) is 36.4 Å². The first kappa shape index (κ1) is 10.9. The number of aromatic nitrogens is 4. The standard InChI is InChI=1S/C13H10N4S/c18-13-14-15-16-17(13)12-8-4-7-11(9-12)10-5-2-1-3-6-10/h1-9H,(H,14,16,18). The largest absolute Gasteiger partial charge is 0.242 e. The maximum Gasteiger partial charge on any atom is 0.242 e. The maximum atomic E-state index is 5.09. The molecule has 0 saturated carbocycles. The average Bonchev–Trinajstić information content (AvgIpc) is 2.86. The van der Waals surface area contributed by atoms with Crippen LogP contribution in [0.5, 0.6) is 0 Å². The van der Waals surface area contributed by atoms with E-state index in [4.69, 9.17) is 12.2 Å². The van der Waals surface area contributed by atoms with Gasteiger partial charge in [-0.15, -0.1) is 0 Å². The van der Waals surface area contributed by atoms with Crippen LogP contribution in [-0.4, -0.2) is 20.2 Å². The Bertz CT molecular complexity index is 715. The Morgan fingerprint density at radius 3 is 2.44 bits per heavy atom. The van der Waals surface area contributed by atoms with Gasteiger partial charge in [-0.25, -0.2) is 4.68 Å². The minimum absolute atomic E-state index is 0.417. The first-order chi connectivity index (χ1) is 8.84. The number of benzene rings is 2. The summed E-state index contributed by atoms with van der Waals surface area (Å²) in [4.78, 5) is 0. The summed E-state index contributed by atoms with van der Waals surface area (Å²) in [6.07, 6.45) is 0. The van der Waals surface area contributed by atoms with E-state index in [1.165, 1.54) is 5.56 Å². The summed E-state index contributed by atoms with van der Waals surface area (Å²) in [6, 6.07) is 18.2. The molecule has 3 aromatic rings. The molecule has 18 heavy (non-hydrogen) atoms. The molecule has 0 aliphatic carbocycles. The molecule has 0 atom stereocenters. The normalized spacial score (nSPS) is 10.4. The predicted molar refractivity (Wildman–Crippen MR) is 72.0 cm³/mol. The molecule has 0 bridgehead atoms. The molecule has 0 spiro atoms. The van der Waals surface area contributed by atoms with E-state index in [0.717, 1.165) is 11.3 Å². The molecule has 4 nitrogen and oxygen atoms in total. The Hall–Kier alpha value is -2.27. The van der Waals surface area contributed by atoms with E-state index >= 15 is 0 Å². The minimum atomic E-state index is 0.417. The number of aromatic amines is 1. The van der Waals surface area contributed by atoms with Crippen LogP contribution in [-0.2, 0) is 0 Å². The molecule has 5 heteroatoms. The van der Waals surface area contributed by atoms with Crippen molar-refractivity contribution in [2.24, 2.45) is 0 Å². The molecule has 88 valence electrons. The van der Waals surface area contributed by atoms with Crippen molar-refractivity contribution in [2.75, 3.05) is 0 Å². The molecular weight excluding hydrogens is 244 g/mol. The van der Waals surface area contributed by atoms with Gasteiger partial charge in [-0.1, -0.05) is 52.8 Å². The lowest BCUT2D eigenvalue weighted by Crippen LogP contribution is -1.96. The number of nitrogens with zero attached hydrogens (tertiary/aromatic N) is 3. The van der Waals surface area contributed by atoms with Crippen LogP contribution in [0, 0.1) is 4.77 Å².